The highest BCUT2D eigenvalue weighted by Crippen LogP contribution is 2.34. The molecule has 0 aliphatic carbocycles. The van der Waals surface area contributed by atoms with Crippen LogP contribution in [0.25, 0.3) is 0 Å². The van der Waals surface area contributed by atoms with E-state index in [9.17, 15) is 23.3 Å². The SMILES string of the molecule is COc1ccc(C(=O)N2CCc3ccc([N+](=O)[O-])cc32)cc1S(=O)(=O)Nc1ccc(C)cc1. The zero-order valence-electron chi connectivity index (χ0n) is 17.9. The van der Waals surface area contributed by atoms with E-state index in [1.807, 2.05) is 6.92 Å². The highest BCUT2D eigenvalue weighted by molar-refractivity contribution is 7.92. The van der Waals surface area contributed by atoms with Crippen LogP contribution in [0.5, 0.6) is 5.75 Å². The Morgan fingerprint density at radius 3 is 2.48 bits per heavy atom. The number of aryl methyl sites for hydroxylation is 1. The first kappa shape index (κ1) is 22.3. The van der Waals surface area contributed by atoms with Gasteiger partial charge in [0.25, 0.3) is 21.6 Å². The fourth-order valence-corrected chi connectivity index (χ4v) is 4.95. The lowest BCUT2D eigenvalue weighted by atomic mass is 10.1. The Morgan fingerprint density at radius 2 is 1.82 bits per heavy atom. The topological polar surface area (TPSA) is 119 Å². The van der Waals surface area contributed by atoms with Crippen molar-refractivity contribution in [3.05, 3.63) is 87.5 Å². The maximum Gasteiger partial charge on any atom is 0.271 e. The average molecular weight is 468 g/mol. The molecule has 33 heavy (non-hydrogen) atoms. The number of methoxy groups -OCH3 is 1. The van der Waals surface area contributed by atoms with Gasteiger partial charge >= 0.3 is 0 Å². The summed E-state index contributed by atoms with van der Waals surface area (Å²) in [6.45, 7) is 2.23. The Hall–Kier alpha value is -3.92. The monoisotopic (exact) mass is 467 g/mol. The third-order valence-electron chi connectivity index (χ3n) is 5.42. The molecule has 0 fully saturated rings. The number of benzene rings is 3. The van der Waals surface area contributed by atoms with Crippen LogP contribution >= 0.6 is 0 Å². The predicted octanol–water partition coefficient (Wildman–Crippen LogP) is 3.92. The van der Waals surface area contributed by atoms with Crippen LogP contribution in [-0.4, -0.2) is 32.9 Å². The van der Waals surface area contributed by atoms with E-state index in [-0.39, 0.29) is 21.9 Å². The maximum atomic E-state index is 13.3. The van der Waals surface area contributed by atoms with E-state index < -0.39 is 20.9 Å². The molecule has 170 valence electrons. The lowest BCUT2D eigenvalue weighted by Gasteiger charge is -2.19. The van der Waals surface area contributed by atoms with Crippen molar-refractivity contribution in [2.75, 3.05) is 23.3 Å². The van der Waals surface area contributed by atoms with E-state index in [0.29, 0.717) is 24.3 Å². The van der Waals surface area contributed by atoms with Gasteiger partial charge in [0.05, 0.1) is 17.7 Å². The Balaban J connectivity index is 1.69. The molecule has 0 unspecified atom stereocenters. The summed E-state index contributed by atoms with van der Waals surface area (Å²) in [4.78, 5) is 25.1. The summed E-state index contributed by atoms with van der Waals surface area (Å²) >= 11 is 0. The van der Waals surface area contributed by atoms with Crippen LogP contribution in [0.15, 0.2) is 65.6 Å². The van der Waals surface area contributed by atoms with Gasteiger partial charge in [0, 0.05) is 29.9 Å². The van der Waals surface area contributed by atoms with Gasteiger partial charge in [0.15, 0.2) is 0 Å². The van der Waals surface area contributed by atoms with Crippen molar-refractivity contribution < 1.29 is 22.9 Å². The molecule has 0 saturated carbocycles. The van der Waals surface area contributed by atoms with E-state index >= 15 is 0 Å². The number of hydrogen-bond donors (Lipinski definition) is 1. The van der Waals surface area contributed by atoms with E-state index in [0.717, 1.165) is 11.1 Å². The van der Waals surface area contributed by atoms with Gasteiger partial charge in [-0.25, -0.2) is 8.42 Å². The average Bonchev–Trinajstić information content (AvgIpc) is 3.22. The fourth-order valence-electron chi connectivity index (χ4n) is 3.70. The molecule has 0 aromatic heterocycles. The number of nitro benzene ring substituents is 1. The number of sulfonamides is 1. The molecule has 0 radical (unpaired) electrons. The van der Waals surface area contributed by atoms with Crippen molar-refractivity contribution >= 4 is 33.0 Å². The van der Waals surface area contributed by atoms with Crippen LogP contribution in [-0.2, 0) is 16.4 Å². The number of nitro groups is 1. The number of rotatable bonds is 6. The number of nitrogens with one attached hydrogen (secondary N) is 1. The summed E-state index contributed by atoms with van der Waals surface area (Å²) in [5.74, 6) is -0.368. The minimum atomic E-state index is -4.06. The van der Waals surface area contributed by atoms with Gasteiger partial charge in [0.1, 0.15) is 10.6 Å². The first-order valence-electron chi connectivity index (χ1n) is 10.1. The molecule has 4 rings (SSSR count). The minimum Gasteiger partial charge on any atom is -0.495 e. The molecule has 0 atom stereocenters. The molecule has 1 aliphatic rings. The standard InChI is InChI=1S/C23H21N3O6S/c1-15-3-7-18(8-4-15)24-33(30,31)22-13-17(6-10-21(22)32-2)23(27)25-12-11-16-5-9-19(26(28)29)14-20(16)25/h3-10,13-14,24H,11-12H2,1-2H3. The smallest absolute Gasteiger partial charge is 0.271 e. The first-order valence-corrected chi connectivity index (χ1v) is 11.5. The Labute approximate surface area is 190 Å². The van der Waals surface area contributed by atoms with Gasteiger partial charge in [-0.2, -0.15) is 0 Å². The van der Waals surface area contributed by atoms with E-state index in [1.165, 1.54) is 42.3 Å². The van der Waals surface area contributed by atoms with Gasteiger partial charge in [0.2, 0.25) is 0 Å². The van der Waals surface area contributed by atoms with E-state index in [4.69, 9.17) is 4.74 Å². The van der Waals surface area contributed by atoms with Crippen LogP contribution in [0.1, 0.15) is 21.5 Å². The summed E-state index contributed by atoms with van der Waals surface area (Å²) < 4.78 is 33.9. The molecule has 0 saturated heterocycles. The number of ether oxygens (including phenoxy) is 1. The Kier molecular flexibility index (Phi) is 5.77. The fraction of sp³-hybridized carbons (Fsp3) is 0.174. The van der Waals surface area contributed by atoms with E-state index in [1.54, 1.807) is 30.3 Å². The van der Waals surface area contributed by atoms with Crippen molar-refractivity contribution in [3.8, 4) is 5.75 Å². The molecule has 1 heterocycles. The van der Waals surface area contributed by atoms with Crippen LogP contribution in [0.2, 0.25) is 0 Å². The maximum absolute atomic E-state index is 13.3. The van der Waals surface area contributed by atoms with Gasteiger partial charge < -0.3 is 9.64 Å². The van der Waals surface area contributed by atoms with Crippen LogP contribution in [0.3, 0.4) is 0 Å². The summed E-state index contributed by atoms with van der Waals surface area (Å²) in [6.07, 6.45) is 0.551. The zero-order valence-corrected chi connectivity index (χ0v) is 18.8. The Bertz CT molecular complexity index is 1350. The van der Waals surface area contributed by atoms with Crippen LogP contribution in [0.4, 0.5) is 17.1 Å². The molecule has 1 N–H and O–H groups in total. The van der Waals surface area contributed by atoms with Crippen molar-refractivity contribution in [2.24, 2.45) is 0 Å². The number of non-ortho nitro benzene ring substituents is 1. The molecule has 3 aromatic carbocycles. The summed E-state index contributed by atoms with van der Waals surface area (Å²) in [6, 6.07) is 15.4. The summed E-state index contributed by atoms with van der Waals surface area (Å²) in [5.41, 5.74) is 2.63. The molecule has 9 nitrogen and oxygen atoms in total. The molecule has 1 amide bonds. The number of carbonyl (C=O) groups excluding carboxylic acids is 1. The van der Waals surface area contributed by atoms with Crippen LogP contribution in [0, 0.1) is 17.0 Å². The number of nitrogens with zero attached hydrogens (tertiary/aromatic N) is 2. The summed E-state index contributed by atoms with van der Waals surface area (Å²) in [7, 11) is -2.72. The first-order chi connectivity index (χ1) is 15.7. The quantitative estimate of drug-likeness (QED) is 0.434. The van der Waals surface area contributed by atoms with Gasteiger partial charge in [-0.15, -0.1) is 0 Å². The lowest BCUT2D eigenvalue weighted by Crippen LogP contribution is -2.29. The van der Waals surface area contributed by atoms with E-state index in [2.05, 4.69) is 4.72 Å². The second kappa shape index (κ2) is 8.55. The molecule has 3 aromatic rings. The number of amides is 1. The summed E-state index contributed by atoms with van der Waals surface area (Å²) in [5, 5.41) is 11.2. The molecule has 1 aliphatic heterocycles. The van der Waals surface area contributed by atoms with Crippen molar-refractivity contribution in [3.63, 3.8) is 0 Å². The van der Waals surface area contributed by atoms with Gasteiger partial charge in [-0.05, 0) is 49.2 Å². The Morgan fingerprint density at radius 1 is 1.09 bits per heavy atom. The second-order valence-electron chi connectivity index (χ2n) is 7.61. The molecule has 0 bridgehead atoms. The number of hydrogen-bond acceptors (Lipinski definition) is 6. The third kappa shape index (κ3) is 4.37. The largest absolute Gasteiger partial charge is 0.495 e. The number of fused-ring (bicyclic) bond motifs is 1. The predicted molar refractivity (Wildman–Crippen MR) is 123 cm³/mol. The third-order valence-corrected chi connectivity index (χ3v) is 6.83. The van der Waals surface area contributed by atoms with Crippen molar-refractivity contribution in [1.29, 1.82) is 0 Å². The number of carbonyl (C=O) groups is 1. The van der Waals surface area contributed by atoms with Crippen molar-refractivity contribution in [1.82, 2.24) is 0 Å². The molecular weight excluding hydrogens is 446 g/mol. The van der Waals surface area contributed by atoms with Gasteiger partial charge in [-0.3, -0.25) is 19.6 Å². The highest BCUT2D eigenvalue weighted by Gasteiger charge is 2.29. The normalized spacial score (nSPS) is 12.8. The molecule has 0 spiro atoms. The second-order valence-corrected chi connectivity index (χ2v) is 9.26. The minimum absolute atomic E-state index is 0.0867. The van der Waals surface area contributed by atoms with Gasteiger partial charge in [-0.1, -0.05) is 23.8 Å². The highest BCUT2D eigenvalue weighted by atomic mass is 32.2. The molecular formula is C23H21N3O6S. The lowest BCUT2D eigenvalue weighted by molar-refractivity contribution is -0.384. The number of anilines is 2. The van der Waals surface area contributed by atoms with Crippen LogP contribution < -0.4 is 14.4 Å². The van der Waals surface area contributed by atoms with Crippen molar-refractivity contribution in [2.45, 2.75) is 18.2 Å². The molecule has 10 heteroatoms. The zero-order chi connectivity index (χ0) is 23.8.